The van der Waals surface area contributed by atoms with Gasteiger partial charge >= 0.3 is 0 Å². The number of nitriles is 1. The van der Waals surface area contributed by atoms with Gasteiger partial charge in [0, 0.05) is 0 Å². The predicted octanol–water partition coefficient (Wildman–Crippen LogP) is 6.14. The summed E-state index contributed by atoms with van der Waals surface area (Å²) in [5.74, 6) is 0. The van der Waals surface area contributed by atoms with Gasteiger partial charge in [0.25, 0.3) is 0 Å². The van der Waals surface area contributed by atoms with Crippen LogP contribution in [0.5, 0.6) is 0 Å². The van der Waals surface area contributed by atoms with Crippen molar-refractivity contribution >= 4 is 16.6 Å². The van der Waals surface area contributed by atoms with Gasteiger partial charge in [0.15, 0.2) is 16.6 Å². The van der Waals surface area contributed by atoms with Crippen LogP contribution in [0, 0.1) is 11.3 Å². The van der Waals surface area contributed by atoms with Crippen LogP contribution in [0.15, 0.2) is 48.5 Å². The predicted molar refractivity (Wildman–Crippen MR) is 111 cm³/mol. The average Bonchev–Trinajstić information content (AvgIpc) is 2.54. The number of nitrogens with zero attached hydrogens (tertiary/aromatic N) is 1. The Labute approximate surface area is 154 Å². The Bertz CT molecular complexity index is 728. The number of hydrogen-bond acceptors (Lipinski definition) is 2. The first kappa shape index (κ1) is 19.6. The van der Waals surface area contributed by atoms with Crippen molar-refractivity contribution in [1.82, 2.24) is 0 Å². The van der Waals surface area contributed by atoms with Crippen LogP contribution in [-0.4, -0.2) is 16.6 Å². The summed E-state index contributed by atoms with van der Waals surface area (Å²) < 4.78 is 6.66. The van der Waals surface area contributed by atoms with E-state index < -0.39 is 16.6 Å². The first-order valence-electron chi connectivity index (χ1n) is 9.04. The van der Waals surface area contributed by atoms with E-state index in [9.17, 15) is 0 Å². The van der Waals surface area contributed by atoms with Gasteiger partial charge < -0.3 is 4.12 Å². The molecule has 0 spiro atoms. The van der Waals surface area contributed by atoms with Gasteiger partial charge in [0.1, 0.15) is 0 Å². The zero-order valence-corrected chi connectivity index (χ0v) is 18.1. The van der Waals surface area contributed by atoms with Crippen molar-refractivity contribution in [3.05, 3.63) is 59.7 Å². The van der Waals surface area contributed by atoms with E-state index in [1.807, 2.05) is 24.3 Å². The Balaban J connectivity index is 2.07. The van der Waals surface area contributed by atoms with Crippen LogP contribution in [0.4, 0.5) is 0 Å². The van der Waals surface area contributed by atoms with Gasteiger partial charge in [0.2, 0.25) is 0 Å². The maximum Gasteiger partial charge on any atom is 0.177 e. The second kappa shape index (κ2) is 8.14. The van der Waals surface area contributed by atoms with E-state index in [2.05, 4.69) is 63.4 Å². The van der Waals surface area contributed by atoms with Gasteiger partial charge in [-0.05, 0) is 67.1 Å². The number of hydrogen-bond donors (Lipinski definition) is 0. The molecule has 0 atom stereocenters. The second-order valence-corrected chi connectivity index (χ2v) is 16.6. The average molecular weight is 368 g/mol. The third-order valence-corrected chi connectivity index (χ3v) is 11.7. The van der Waals surface area contributed by atoms with Crippen LogP contribution in [-0.2, 0) is 10.2 Å². The molecular weight excluding hydrogens is 338 g/mol. The molecule has 0 amide bonds. The summed E-state index contributed by atoms with van der Waals surface area (Å²) in [6.45, 7) is 11.6. The summed E-state index contributed by atoms with van der Waals surface area (Å²) in [5, 5.41) is 8.90. The first-order valence-corrected chi connectivity index (χ1v) is 15.3. The number of benzene rings is 2. The van der Waals surface area contributed by atoms with E-state index in [-0.39, 0.29) is 0 Å². The molecular formula is C21H29NOSi2. The minimum absolute atomic E-state index is 0.698. The van der Waals surface area contributed by atoms with Gasteiger partial charge in [-0.2, -0.15) is 5.26 Å². The molecule has 2 aromatic carbocycles. The maximum atomic E-state index is 8.90. The summed E-state index contributed by atoms with van der Waals surface area (Å²) in [4.78, 5) is 0. The Morgan fingerprint density at radius 1 is 0.840 bits per heavy atom. The van der Waals surface area contributed by atoms with Crippen LogP contribution < -0.4 is 0 Å². The van der Waals surface area contributed by atoms with Crippen LogP contribution in [0.25, 0.3) is 11.1 Å². The Hall–Kier alpha value is -1.68. The maximum absolute atomic E-state index is 8.90. The monoisotopic (exact) mass is 367 g/mol. The quantitative estimate of drug-likeness (QED) is 0.550. The molecule has 0 fully saturated rings. The van der Waals surface area contributed by atoms with Crippen LogP contribution in [0.3, 0.4) is 0 Å². The van der Waals surface area contributed by atoms with Crippen molar-refractivity contribution in [3.8, 4) is 17.2 Å². The first-order chi connectivity index (χ1) is 11.7. The van der Waals surface area contributed by atoms with E-state index in [0.29, 0.717) is 5.56 Å². The minimum atomic E-state index is -1.70. The van der Waals surface area contributed by atoms with Crippen molar-refractivity contribution in [2.45, 2.75) is 51.6 Å². The lowest BCUT2D eigenvalue weighted by atomic mass is 10.0. The molecule has 0 radical (unpaired) electrons. The van der Waals surface area contributed by atoms with Crippen LogP contribution >= 0.6 is 0 Å². The molecule has 4 heteroatoms. The molecule has 0 saturated heterocycles. The topological polar surface area (TPSA) is 33.0 Å². The van der Waals surface area contributed by atoms with Crippen molar-refractivity contribution in [2.75, 3.05) is 0 Å². The van der Waals surface area contributed by atoms with E-state index in [4.69, 9.17) is 9.38 Å². The van der Waals surface area contributed by atoms with Gasteiger partial charge in [-0.15, -0.1) is 0 Å². The third kappa shape index (κ3) is 5.96. The summed E-state index contributed by atoms with van der Waals surface area (Å²) in [6.07, 6.45) is 1.21. The normalized spacial score (nSPS) is 12.0. The molecule has 2 rings (SSSR count). The lowest BCUT2D eigenvalue weighted by Crippen LogP contribution is -2.45. The summed E-state index contributed by atoms with van der Waals surface area (Å²) in [7, 11) is -3.23. The smallest absolute Gasteiger partial charge is 0.177 e. The lowest BCUT2D eigenvalue weighted by Gasteiger charge is -2.34. The molecule has 0 bridgehead atoms. The molecule has 0 unspecified atom stereocenters. The molecule has 2 aromatic rings. The van der Waals surface area contributed by atoms with Crippen molar-refractivity contribution < 1.29 is 4.12 Å². The zero-order valence-electron chi connectivity index (χ0n) is 16.1. The molecule has 0 aliphatic carbocycles. The molecule has 2 nitrogen and oxygen atoms in total. The molecule has 0 aromatic heterocycles. The van der Waals surface area contributed by atoms with Crippen molar-refractivity contribution in [3.63, 3.8) is 0 Å². The Kier molecular flexibility index (Phi) is 6.39. The van der Waals surface area contributed by atoms with E-state index in [1.165, 1.54) is 23.6 Å². The largest absolute Gasteiger partial charge is 0.455 e. The highest BCUT2D eigenvalue weighted by Crippen LogP contribution is 2.25. The summed E-state index contributed by atoms with van der Waals surface area (Å²) in [6, 6.07) is 21.0. The fourth-order valence-corrected chi connectivity index (χ4v) is 12.6. The van der Waals surface area contributed by atoms with Gasteiger partial charge in [-0.3, -0.25) is 0 Å². The molecule has 0 aliphatic heterocycles. The zero-order chi connectivity index (χ0) is 18.5. The van der Waals surface area contributed by atoms with Crippen LogP contribution in [0.1, 0.15) is 24.5 Å². The number of rotatable bonds is 7. The van der Waals surface area contributed by atoms with E-state index in [0.717, 1.165) is 11.6 Å². The van der Waals surface area contributed by atoms with Gasteiger partial charge in [-0.1, -0.05) is 49.7 Å². The van der Waals surface area contributed by atoms with Gasteiger partial charge in [-0.25, -0.2) is 0 Å². The molecule has 25 heavy (non-hydrogen) atoms. The SMILES string of the molecule is CCC[Si](C)(C)O[Si](C)(C)Cc1ccc(-c2ccc(C#N)cc2)cc1. The molecule has 132 valence electrons. The lowest BCUT2D eigenvalue weighted by molar-refractivity contribution is 0.536. The Morgan fingerprint density at radius 3 is 1.84 bits per heavy atom. The summed E-state index contributed by atoms with van der Waals surface area (Å²) >= 11 is 0. The fraction of sp³-hybridized carbons (Fsp3) is 0.381. The van der Waals surface area contributed by atoms with E-state index in [1.54, 1.807) is 0 Å². The molecule has 0 aliphatic rings. The summed E-state index contributed by atoms with van der Waals surface area (Å²) in [5.41, 5.74) is 4.39. The minimum Gasteiger partial charge on any atom is -0.455 e. The molecule has 0 heterocycles. The van der Waals surface area contributed by atoms with E-state index >= 15 is 0 Å². The van der Waals surface area contributed by atoms with Crippen LogP contribution in [0.2, 0.25) is 32.2 Å². The third-order valence-electron chi connectivity index (χ3n) is 4.34. The Morgan fingerprint density at radius 2 is 1.36 bits per heavy atom. The van der Waals surface area contributed by atoms with Crippen molar-refractivity contribution in [2.24, 2.45) is 0 Å². The molecule has 0 saturated carbocycles. The highest BCUT2D eigenvalue weighted by molar-refractivity contribution is 6.84. The highest BCUT2D eigenvalue weighted by Gasteiger charge is 2.32. The molecule has 0 N–H and O–H groups in total. The highest BCUT2D eigenvalue weighted by atomic mass is 28.4. The fourth-order valence-electron chi connectivity index (χ4n) is 3.48. The standard InChI is InChI=1S/C21H29NOSi2/c1-6-15-24(2,3)23-25(4,5)17-19-9-13-21(14-10-19)20-11-7-18(16-22)8-12-20/h7-14H,6,15,17H2,1-5H3. The van der Waals surface area contributed by atoms with Gasteiger partial charge in [0.05, 0.1) is 11.6 Å². The van der Waals surface area contributed by atoms with Crippen molar-refractivity contribution in [1.29, 1.82) is 5.26 Å². The second-order valence-electron chi connectivity index (χ2n) is 7.93.